The van der Waals surface area contributed by atoms with Gasteiger partial charge in [0.05, 0.1) is 22.8 Å². The number of halogens is 1. The molecule has 1 heterocycles. The van der Waals surface area contributed by atoms with Crippen LogP contribution in [0.3, 0.4) is 0 Å². The zero-order valence-electron chi connectivity index (χ0n) is 17.4. The monoisotopic (exact) mass is 410 g/mol. The normalized spacial score (nSPS) is 10.8. The molecule has 0 spiro atoms. The maximum atomic E-state index is 13.3. The molecule has 0 saturated carbocycles. The lowest BCUT2D eigenvalue weighted by Crippen LogP contribution is -2.32. The smallest absolute Gasteiger partial charge is 0.255 e. The molecule has 1 aromatic heterocycles. The Morgan fingerprint density at radius 1 is 1.07 bits per heavy atom. The Labute approximate surface area is 177 Å². The first kappa shape index (κ1) is 20.9. The summed E-state index contributed by atoms with van der Waals surface area (Å²) in [6.45, 7) is 3.17. The van der Waals surface area contributed by atoms with Crippen molar-refractivity contribution in [2.45, 2.75) is 19.9 Å². The highest BCUT2D eigenvalue weighted by atomic mass is 35.5. The molecular formula is C23H27ClN4O. The summed E-state index contributed by atoms with van der Waals surface area (Å²) >= 11 is 6.31. The van der Waals surface area contributed by atoms with Crippen LogP contribution in [0, 0.1) is 0 Å². The number of amides is 1. The van der Waals surface area contributed by atoms with E-state index in [-0.39, 0.29) is 5.91 Å². The molecule has 0 N–H and O–H groups in total. The fraction of sp³-hybridized carbons (Fsp3) is 0.304. The molecular weight excluding hydrogens is 384 g/mol. The lowest BCUT2D eigenvalue weighted by atomic mass is 10.1. The number of hydrogen-bond donors (Lipinski definition) is 0. The predicted octanol–water partition coefficient (Wildman–Crippen LogP) is 4.86. The van der Waals surface area contributed by atoms with Gasteiger partial charge in [-0.05, 0) is 18.6 Å². The number of carbonyl (C=O) groups excluding carboxylic acids is 1. The molecule has 3 aromatic rings. The van der Waals surface area contributed by atoms with Gasteiger partial charge in [0.2, 0.25) is 0 Å². The van der Waals surface area contributed by atoms with E-state index < -0.39 is 0 Å². The summed E-state index contributed by atoms with van der Waals surface area (Å²) in [5.74, 6) is 0.918. The fourth-order valence-corrected chi connectivity index (χ4v) is 3.83. The van der Waals surface area contributed by atoms with Crippen LogP contribution >= 0.6 is 11.6 Å². The van der Waals surface area contributed by atoms with Crippen molar-refractivity contribution < 1.29 is 4.79 Å². The van der Waals surface area contributed by atoms with Crippen molar-refractivity contribution in [1.82, 2.24) is 14.7 Å². The summed E-state index contributed by atoms with van der Waals surface area (Å²) in [6.07, 6.45) is 0.856. The zero-order valence-corrected chi connectivity index (χ0v) is 18.1. The van der Waals surface area contributed by atoms with Crippen molar-refractivity contribution in [2.24, 2.45) is 7.05 Å². The van der Waals surface area contributed by atoms with Crippen LogP contribution in [0.2, 0.25) is 5.02 Å². The van der Waals surface area contributed by atoms with E-state index in [4.69, 9.17) is 16.7 Å². The Kier molecular flexibility index (Phi) is 6.60. The molecule has 3 rings (SSSR count). The third-order valence-electron chi connectivity index (χ3n) is 4.82. The molecule has 0 atom stereocenters. The second-order valence-electron chi connectivity index (χ2n) is 7.24. The summed E-state index contributed by atoms with van der Waals surface area (Å²) in [7, 11) is 5.93. The lowest BCUT2D eigenvalue weighted by Gasteiger charge is -2.25. The number of rotatable bonds is 7. The molecule has 0 saturated heterocycles. The van der Waals surface area contributed by atoms with E-state index in [9.17, 15) is 4.79 Å². The second-order valence-corrected chi connectivity index (χ2v) is 7.65. The standard InChI is InChI=1S/C23H27ClN4O/c1-5-15-28(23(29)18-13-9-10-14-20(18)24)16-19-21(17-11-7-6-8-12-17)25-27(4)22(19)26(2)3/h6-14H,5,15-16H2,1-4H3. The Morgan fingerprint density at radius 2 is 1.72 bits per heavy atom. The molecule has 29 heavy (non-hydrogen) atoms. The molecule has 0 aliphatic rings. The molecule has 152 valence electrons. The number of aromatic nitrogens is 2. The van der Waals surface area contributed by atoms with Crippen LogP contribution in [0.5, 0.6) is 0 Å². The van der Waals surface area contributed by atoms with Crippen molar-refractivity contribution in [1.29, 1.82) is 0 Å². The third-order valence-corrected chi connectivity index (χ3v) is 5.15. The summed E-state index contributed by atoms with van der Waals surface area (Å²) in [6, 6.07) is 17.3. The van der Waals surface area contributed by atoms with Crippen molar-refractivity contribution in [2.75, 3.05) is 25.5 Å². The van der Waals surface area contributed by atoms with Crippen LogP contribution in [-0.4, -0.2) is 41.2 Å². The highest BCUT2D eigenvalue weighted by Crippen LogP contribution is 2.32. The van der Waals surface area contributed by atoms with Crippen molar-refractivity contribution in [3.05, 3.63) is 70.7 Å². The van der Waals surface area contributed by atoms with E-state index in [0.29, 0.717) is 23.7 Å². The molecule has 0 aliphatic carbocycles. The molecule has 1 amide bonds. The predicted molar refractivity (Wildman–Crippen MR) is 119 cm³/mol. The van der Waals surface area contributed by atoms with E-state index in [2.05, 4.69) is 6.92 Å². The zero-order chi connectivity index (χ0) is 21.0. The van der Waals surface area contributed by atoms with Gasteiger partial charge in [-0.3, -0.25) is 9.48 Å². The summed E-state index contributed by atoms with van der Waals surface area (Å²) in [5.41, 5.74) is 3.48. The molecule has 6 heteroatoms. The largest absolute Gasteiger partial charge is 0.363 e. The van der Waals surface area contributed by atoms with Gasteiger partial charge in [0.15, 0.2) is 0 Å². The van der Waals surface area contributed by atoms with Gasteiger partial charge in [-0.15, -0.1) is 0 Å². The number of benzene rings is 2. The van der Waals surface area contributed by atoms with E-state index in [0.717, 1.165) is 29.1 Å². The van der Waals surface area contributed by atoms with Gasteiger partial charge in [0.1, 0.15) is 5.82 Å². The fourth-order valence-electron chi connectivity index (χ4n) is 3.61. The Balaban J connectivity index is 2.06. The van der Waals surface area contributed by atoms with Gasteiger partial charge in [-0.1, -0.05) is 61.0 Å². The SMILES string of the molecule is CCCN(Cc1c(-c2ccccc2)nn(C)c1N(C)C)C(=O)c1ccccc1Cl. The number of aryl methyl sites for hydroxylation is 1. The molecule has 0 fully saturated rings. The maximum Gasteiger partial charge on any atom is 0.255 e. The minimum Gasteiger partial charge on any atom is -0.363 e. The second kappa shape index (κ2) is 9.14. The summed E-state index contributed by atoms with van der Waals surface area (Å²) in [4.78, 5) is 17.2. The maximum absolute atomic E-state index is 13.3. The molecule has 0 aliphatic heterocycles. The molecule has 5 nitrogen and oxygen atoms in total. The van der Waals surface area contributed by atoms with Crippen LogP contribution < -0.4 is 4.90 Å². The summed E-state index contributed by atoms with van der Waals surface area (Å²) < 4.78 is 1.88. The minimum atomic E-state index is -0.0648. The van der Waals surface area contributed by atoms with Gasteiger partial charge >= 0.3 is 0 Å². The first-order valence-corrected chi connectivity index (χ1v) is 10.1. The van der Waals surface area contributed by atoms with Crippen LogP contribution in [0.1, 0.15) is 29.3 Å². The van der Waals surface area contributed by atoms with Crippen LogP contribution in [0.4, 0.5) is 5.82 Å². The number of nitrogens with zero attached hydrogens (tertiary/aromatic N) is 4. The quantitative estimate of drug-likeness (QED) is 0.558. The van der Waals surface area contributed by atoms with Crippen LogP contribution in [0.25, 0.3) is 11.3 Å². The molecule has 0 radical (unpaired) electrons. The average Bonchev–Trinajstić information content (AvgIpc) is 3.04. The van der Waals surface area contributed by atoms with Gasteiger partial charge in [-0.2, -0.15) is 5.10 Å². The lowest BCUT2D eigenvalue weighted by molar-refractivity contribution is 0.0744. The van der Waals surface area contributed by atoms with E-state index >= 15 is 0 Å². The number of anilines is 1. The highest BCUT2D eigenvalue weighted by molar-refractivity contribution is 6.33. The van der Waals surface area contributed by atoms with E-state index in [1.807, 2.05) is 78.1 Å². The Bertz CT molecular complexity index is 982. The van der Waals surface area contributed by atoms with Gasteiger partial charge in [0.25, 0.3) is 5.91 Å². The summed E-state index contributed by atoms with van der Waals surface area (Å²) in [5, 5.41) is 5.25. The Hall–Kier alpha value is -2.79. The molecule has 0 bridgehead atoms. The molecule has 0 unspecified atom stereocenters. The number of carbonyl (C=O) groups is 1. The first-order chi connectivity index (χ1) is 13.9. The van der Waals surface area contributed by atoms with Crippen molar-refractivity contribution in [3.63, 3.8) is 0 Å². The topological polar surface area (TPSA) is 41.4 Å². The molecule has 2 aromatic carbocycles. The average molecular weight is 411 g/mol. The first-order valence-electron chi connectivity index (χ1n) is 9.76. The van der Waals surface area contributed by atoms with Crippen LogP contribution in [-0.2, 0) is 13.6 Å². The number of hydrogen-bond acceptors (Lipinski definition) is 3. The van der Waals surface area contributed by atoms with Crippen molar-refractivity contribution in [3.8, 4) is 11.3 Å². The Morgan fingerprint density at radius 3 is 2.34 bits per heavy atom. The van der Waals surface area contributed by atoms with Crippen molar-refractivity contribution >= 4 is 23.3 Å². The third kappa shape index (κ3) is 4.46. The van der Waals surface area contributed by atoms with Gasteiger partial charge in [-0.25, -0.2) is 0 Å². The van der Waals surface area contributed by atoms with Gasteiger partial charge < -0.3 is 9.80 Å². The minimum absolute atomic E-state index is 0.0648. The van der Waals surface area contributed by atoms with Crippen LogP contribution in [0.15, 0.2) is 54.6 Å². The van der Waals surface area contributed by atoms with E-state index in [1.165, 1.54) is 0 Å². The van der Waals surface area contributed by atoms with Gasteiger partial charge in [0, 0.05) is 38.8 Å². The highest BCUT2D eigenvalue weighted by Gasteiger charge is 2.25. The van der Waals surface area contributed by atoms with E-state index in [1.54, 1.807) is 12.1 Å².